The summed E-state index contributed by atoms with van der Waals surface area (Å²) in [5, 5.41) is 15.4. The lowest BCUT2D eigenvalue weighted by molar-refractivity contribution is 1.15. The molecule has 6 aromatic carbocycles. The maximum Gasteiger partial charge on any atom is 0.107 e. The van der Waals surface area contributed by atoms with Crippen molar-refractivity contribution in [2.24, 2.45) is 4.40 Å². The number of nitrogens with one attached hydrogen (secondary N) is 3. The second-order valence-corrected chi connectivity index (χ2v) is 21.6. The van der Waals surface area contributed by atoms with E-state index < -0.39 is 0 Å². The highest BCUT2D eigenvalue weighted by atomic mass is 32.1. The third-order valence-electron chi connectivity index (χ3n) is 12.9. The van der Waals surface area contributed by atoms with Gasteiger partial charge in [0.05, 0.1) is 37.9 Å². The Morgan fingerprint density at radius 1 is 0.342 bits per heavy atom. The highest BCUT2D eigenvalue weighted by molar-refractivity contribution is 7.78. The van der Waals surface area contributed by atoms with Crippen LogP contribution in [0.3, 0.4) is 0 Å². The molecule has 0 amide bonds. The zero-order valence-corrected chi connectivity index (χ0v) is 43.3. The van der Waals surface area contributed by atoms with E-state index in [1.54, 1.807) is 45.3 Å². The van der Waals surface area contributed by atoms with E-state index >= 15 is 0 Å². The molecule has 0 saturated heterocycles. The van der Waals surface area contributed by atoms with Gasteiger partial charge >= 0.3 is 0 Å². The lowest BCUT2D eigenvalue weighted by Crippen LogP contribution is -2.30. The van der Waals surface area contributed by atoms with Crippen LogP contribution in [0.4, 0.5) is 0 Å². The van der Waals surface area contributed by atoms with Crippen molar-refractivity contribution < 1.29 is 0 Å². The third kappa shape index (κ3) is 8.96. The van der Waals surface area contributed by atoms with Crippen molar-refractivity contribution in [3.8, 4) is 53.4 Å². The summed E-state index contributed by atoms with van der Waals surface area (Å²) < 4.78 is 4.75. The van der Waals surface area contributed by atoms with E-state index in [1.807, 2.05) is 0 Å². The average molecular weight is 1030 g/mol. The molecule has 0 atom stereocenters. The fourth-order valence-corrected chi connectivity index (χ4v) is 13.7. The number of aromatic amines is 2. The summed E-state index contributed by atoms with van der Waals surface area (Å²) in [6.07, 6.45) is 0. The molecule has 10 aromatic rings. The first-order valence-electron chi connectivity index (χ1n) is 23.8. The fraction of sp³-hybridized carbons (Fsp3) is 0. The van der Waals surface area contributed by atoms with Gasteiger partial charge in [-0.25, -0.2) is 4.40 Å². The molecule has 4 nitrogen and oxygen atoms in total. The van der Waals surface area contributed by atoms with Crippen LogP contribution >= 0.6 is 58.2 Å². The van der Waals surface area contributed by atoms with Crippen LogP contribution in [-0.2, 0) is 0 Å². The van der Waals surface area contributed by atoms with E-state index in [0.29, 0.717) is 5.36 Å². The Morgan fingerprint density at radius 3 is 1.00 bits per heavy atom. The van der Waals surface area contributed by atoms with E-state index in [2.05, 4.69) is 251 Å². The van der Waals surface area contributed by atoms with Gasteiger partial charge in [-0.05, 0) is 105 Å². The maximum atomic E-state index is 10.4. The Balaban J connectivity index is 1.14. The van der Waals surface area contributed by atoms with E-state index in [9.17, 15) is 5.41 Å². The predicted octanol–water partition coefficient (Wildman–Crippen LogP) is 17.6. The monoisotopic (exact) mass is 1030 g/mol. The van der Waals surface area contributed by atoms with Crippen LogP contribution in [0.5, 0.6) is 0 Å². The SMILES string of the molecule is N=c1c(-c2ccc(C(=C(c3ccccc3)c3ccccc3)c3ccccc3)s2)c2[nH]c(-c3cccs3)c(-c3cccs3)[nH]c-2c(-c2ccc(C(=C(c3ccccc3)c3ccccc3)c3ccccc3)s2)c1=NS. The van der Waals surface area contributed by atoms with Gasteiger partial charge in [0.25, 0.3) is 0 Å². The summed E-state index contributed by atoms with van der Waals surface area (Å²) in [6.45, 7) is 0. The first kappa shape index (κ1) is 46.2. The summed E-state index contributed by atoms with van der Waals surface area (Å²) in [7, 11) is 0. The number of rotatable bonds is 12. The van der Waals surface area contributed by atoms with Gasteiger partial charge in [0.15, 0.2) is 0 Å². The van der Waals surface area contributed by atoms with Gasteiger partial charge in [-0.3, -0.25) is 5.41 Å². The minimum Gasteiger partial charge on any atom is -0.350 e. The number of thiophene rings is 4. The normalized spacial score (nSPS) is 11.5. The molecule has 5 heterocycles. The zero-order valence-electron chi connectivity index (χ0n) is 39.1. The Kier molecular flexibility index (Phi) is 13.1. The predicted molar refractivity (Wildman–Crippen MR) is 314 cm³/mol. The molecule has 73 heavy (non-hydrogen) atoms. The molecule has 350 valence electrons. The highest BCUT2D eigenvalue weighted by Crippen LogP contribution is 2.48. The second-order valence-electron chi connectivity index (χ2n) is 17.3. The standard InChI is InChI=1S/C64H44N4S5/c65-59-57(49-37-35-47(72-49)55(45-29-15-5-16-30-45)53(41-21-7-1-8-22-41)42-23-9-2-10-24-42)63-64(67-61(52-34-20-40-71-52)60(66-63)51-33-19-39-70-51)58(62(59)68-69)50-38-36-48(73-50)56(46-31-17-6-18-32-46)54(43-25-11-3-12-26-43)44-27-13-4-14-28-44/h1-40,65-67,69H. The van der Waals surface area contributed by atoms with Crippen LogP contribution in [0.2, 0.25) is 0 Å². The van der Waals surface area contributed by atoms with E-state index in [-0.39, 0.29) is 5.36 Å². The lowest BCUT2D eigenvalue weighted by atomic mass is 9.88. The molecule has 0 fully saturated rings. The number of nitrogens with zero attached hydrogens (tertiary/aromatic N) is 1. The zero-order chi connectivity index (χ0) is 49.1. The van der Waals surface area contributed by atoms with Gasteiger partial charge in [-0.2, -0.15) is 0 Å². The smallest absolute Gasteiger partial charge is 0.107 e. The number of hydrogen-bond donors (Lipinski definition) is 4. The van der Waals surface area contributed by atoms with E-state index in [0.717, 1.165) is 119 Å². The molecule has 12 rings (SSSR count). The molecule has 0 unspecified atom stereocenters. The molecule has 3 N–H and O–H groups in total. The molecule has 9 heteroatoms. The molecule has 0 radical (unpaired) electrons. The van der Waals surface area contributed by atoms with Crippen molar-refractivity contribution in [3.05, 3.63) is 295 Å². The first-order valence-corrected chi connectivity index (χ1v) is 27.6. The van der Waals surface area contributed by atoms with Gasteiger partial charge in [0, 0.05) is 41.8 Å². The lowest BCUT2D eigenvalue weighted by Gasteiger charge is -2.21. The van der Waals surface area contributed by atoms with Crippen LogP contribution in [-0.4, -0.2) is 9.97 Å². The largest absolute Gasteiger partial charge is 0.350 e. The van der Waals surface area contributed by atoms with Crippen LogP contribution in [0.15, 0.2) is 246 Å². The van der Waals surface area contributed by atoms with Crippen LogP contribution in [0, 0.1) is 5.41 Å². The molecule has 0 saturated carbocycles. The number of thiol groups is 1. The van der Waals surface area contributed by atoms with Crippen molar-refractivity contribution in [3.63, 3.8) is 0 Å². The van der Waals surface area contributed by atoms with Gasteiger partial charge in [-0.15, -0.1) is 45.3 Å². The molecular weight excluding hydrogens is 985 g/mol. The van der Waals surface area contributed by atoms with Gasteiger partial charge in [0.1, 0.15) is 5.36 Å². The molecule has 0 spiro atoms. The van der Waals surface area contributed by atoms with Crippen molar-refractivity contribution in [1.29, 1.82) is 5.41 Å². The summed E-state index contributed by atoms with van der Waals surface area (Å²) in [4.78, 5) is 14.3. The summed E-state index contributed by atoms with van der Waals surface area (Å²) >= 11 is 11.5. The van der Waals surface area contributed by atoms with Crippen molar-refractivity contribution in [2.45, 2.75) is 0 Å². The molecule has 4 aromatic heterocycles. The Hall–Kier alpha value is -7.89. The Labute approximate surface area is 445 Å². The summed E-state index contributed by atoms with van der Waals surface area (Å²) in [5.41, 5.74) is 16.4. The Morgan fingerprint density at radius 2 is 0.671 bits per heavy atom. The number of aromatic nitrogens is 2. The molecule has 1 aliphatic carbocycles. The molecule has 2 aliphatic rings. The van der Waals surface area contributed by atoms with Gasteiger partial charge < -0.3 is 9.97 Å². The van der Waals surface area contributed by atoms with Crippen molar-refractivity contribution in [2.75, 3.05) is 0 Å². The topological polar surface area (TPSA) is 67.8 Å². The minimum atomic E-state index is 0.288. The Bertz CT molecular complexity index is 3920. The minimum absolute atomic E-state index is 0.288. The average Bonchev–Trinajstić information content (AvgIpc) is 4.33. The van der Waals surface area contributed by atoms with Crippen LogP contribution in [0.25, 0.3) is 75.7 Å². The van der Waals surface area contributed by atoms with E-state index in [1.165, 1.54) is 0 Å². The van der Waals surface area contributed by atoms with Gasteiger partial charge in [-0.1, -0.05) is 194 Å². The summed E-state index contributed by atoms with van der Waals surface area (Å²) in [5.74, 6) is 0. The quantitative estimate of drug-likeness (QED) is 0.0696. The fourth-order valence-electron chi connectivity index (χ4n) is 9.73. The van der Waals surface area contributed by atoms with Crippen LogP contribution < -0.4 is 10.7 Å². The van der Waals surface area contributed by atoms with Crippen molar-refractivity contribution in [1.82, 2.24) is 9.97 Å². The van der Waals surface area contributed by atoms with E-state index in [4.69, 9.17) is 17.2 Å². The summed E-state index contributed by atoms with van der Waals surface area (Å²) in [6, 6.07) is 81.2. The first-order chi connectivity index (χ1) is 36.1. The third-order valence-corrected chi connectivity index (χ3v) is 17.1. The second kappa shape index (κ2) is 20.7. The van der Waals surface area contributed by atoms with Crippen molar-refractivity contribution >= 4 is 80.5 Å². The molecule has 1 aliphatic heterocycles. The number of fused-ring (bicyclic) bond motifs is 1. The molecular formula is C64H44N4S5. The highest BCUT2D eigenvalue weighted by Gasteiger charge is 2.29. The number of H-pyrrole nitrogens is 2. The molecule has 0 bridgehead atoms. The number of benzene rings is 7. The van der Waals surface area contributed by atoms with Crippen LogP contribution in [0.1, 0.15) is 43.1 Å². The maximum absolute atomic E-state index is 10.4. The number of hydrogen-bond acceptors (Lipinski definition) is 7. The van der Waals surface area contributed by atoms with Gasteiger partial charge in [0.2, 0.25) is 0 Å².